The Hall–Kier alpha value is -1.08. The maximum Gasteiger partial charge on any atom is 0.305 e. The van der Waals surface area contributed by atoms with Crippen LogP contribution >= 0.6 is 12.6 Å². The maximum atomic E-state index is 11.1. The van der Waals surface area contributed by atoms with Crippen molar-refractivity contribution < 1.29 is 19.5 Å². The summed E-state index contributed by atoms with van der Waals surface area (Å²) in [5.41, 5.74) is 5.24. The standard InChI is InChI=1S/C7H12N2O4S/c8-5(1-6(11)12)7(13)9-4(2-10)3-14/h2,4-5,14H,1,3,8H2,(H,9,13)(H,11,12)/t4-,5+/m0/s1. The number of nitrogens with one attached hydrogen (secondary N) is 1. The highest BCUT2D eigenvalue weighted by Gasteiger charge is 2.19. The number of aliphatic carboxylic acids is 1. The molecule has 1 amide bonds. The van der Waals surface area contributed by atoms with Crippen LogP contribution in [0.4, 0.5) is 0 Å². The Morgan fingerprint density at radius 3 is 2.50 bits per heavy atom. The van der Waals surface area contributed by atoms with E-state index in [4.69, 9.17) is 10.8 Å². The molecule has 0 aliphatic carbocycles. The van der Waals surface area contributed by atoms with E-state index < -0.39 is 30.4 Å². The molecule has 0 rings (SSSR count). The van der Waals surface area contributed by atoms with Gasteiger partial charge in [-0.2, -0.15) is 12.6 Å². The first kappa shape index (κ1) is 12.9. The largest absolute Gasteiger partial charge is 0.481 e. The van der Waals surface area contributed by atoms with E-state index in [0.717, 1.165) is 0 Å². The average molecular weight is 220 g/mol. The molecule has 0 saturated carbocycles. The van der Waals surface area contributed by atoms with Gasteiger partial charge in [0, 0.05) is 5.75 Å². The summed E-state index contributed by atoms with van der Waals surface area (Å²) in [6.45, 7) is 0. The fraction of sp³-hybridized carbons (Fsp3) is 0.571. The lowest BCUT2D eigenvalue weighted by Gasteiger charge is -2.13. The SMILES string of the molecule is N[C@H](CC(=O)O)C(=O)N[C@@H](C=O)CS. The van der Waals surface area contributed by atoms with Crippen LogP contribution in [0, 0.1) is 0 Å². The highest BCUT2D eigenvalue weighted by atomic mass is 32.1. The lowest BCUT2D eigenvalue weighted by Crippen LogP contribution is -2.47. The first-order valence-corrected chi connectivity index (χ1v) is 4.48. The Morgan fingerprint density at radius 1 is 1.57 bits per heavy atom. The summed E-state index contributed by atoms with van der Waals surface area (Å²) in [7, 11) is 0. The van der Waals surface area contributed by atoms with Crippen LogP contribution in [0.15, 0.2) is 0 Å². The van der Waals surface area contributed by atoms with E-state index >= 15 is 0 Å². The van der Waals surface area contributed by atoms with Crippen LogP contribution in [0.25, 0.3) is 0 Å². The van der Waals surface area contributed by atoms with Gasteiger partial charge in [0.2, 0.25) is 5.91 Å². The third kappa shape index (κ3) is 4.83. The van der Waals surface area contributed by atoms with Gasteiger partial charge in [-0.05, 0) is 0 Å². The van der Waals surface area contributed by atoms with Crippen LogP contribution in [0.3, 0.4) is 0 Å². The fourth-order valence-electron chi connectivity index (χ4n) is 0.693. The van der Waals surface area contributed by atoms with Gasteiger partial charge in [0.05, 0.1) is 18.5 Å². The molecule has 0 aromatic rings. The molecular formula is C7H12N2O4S. The minimum atomic E-state index is -1.17. The highest BCUT2D eigenvalue weighted by Crippen LogP contribution is 1.91. The second-order valence-corrected chi connectivity index (χ2v) is 3.00. The number of amides is 1. The molecule has 0 aliphatic heterocycles. The molecule has 0 aliphatic rings. The van der Waals surface area contributed by atoms with Gasteiger partial charge in [-0.15, -0.1) is 0 Å². The summed E-state index contributed by atoms with van der Waals surface area (Å²) in [4.78, 5) is 31.6. The molecule has 6 nitrogen and oxygen atoms in total. The minimum absolute atomic E-state index is 0.148. The molecule has 0 saturated heterocycles. The van der Waals surface area contributed by atoms with Crippen LogP contribution in [0.2, 0.25) is 0 Å². The Kier molecular flexibility index (Phi) is 5.89. The van der Waals surface area contributed by atoms with Crippen molar-refractivity contribution in [1.29, 1.82) is 0 Å². The first-order valence-electron chi connectivity index (χ1n) is 3.85. The molecule has 0 radical (unpaired) electrons. The molecule has 2 atom stereocenters. The maximum absolute atomic E-state index is 11.1. The predicted molar refractivity (Wildman–Crippen MR) is 52.1 cm³/mol. The minimum Gasteiger partial charge on any atom is -0.481 e. The van der Waals surface area contributed by atoms with Crippen molar-refractivity contribution in [1.82, 2.24) is 5.32 Å². The molecule has 14 heavy (non-hydrogen) atoms. The monoisotopic (exact) mass is 220 g/mol. The van der Waals surface area contributed by atoms with E-state index in [2.05, 4.69) is 17.9 Å². The zero-order valence-corrected chi connectivity index (χ0v) is 8.24. The van der Waals surface area contributed by atoms with Crippen LogP contribution in [0.5, 0.6) is 0 Å². The number of carboxylic acid groups (broad SMARTS) is 1. The summed E-state index contributed by atoms with van der Waals surface area (Å²) >= 11 is 3.81. The summed E-state index contributed by atoms with van der Waals surface area (Å²) in [6, 6.07) is -1.87. The number of hydrogen-bond donors (Lipinski definition) is 4. The fourth-order valence-corrected chi connectivity index (χ4v) is 0.871. The van der Waals surface area contributed by atoms with Gasteiger partial charge in [0.1, 0.15) is 6.29 Å². The van der Waals surface area contributed by atoms with Crippen molar-refractivity contribution in [3.8, 4) is 0 Å². The molecule has 0 bridgehead atoms. The number of hydrogen-bond acceptors (Lipinski definition) is 5. The first-order chi connectivity index (χ1) is 6.51. The van der Waals surface area contributed by atoms with Crippen molar-refractivity contribution in [3.63, 3.8) is 0 Å². The van der Waals surface area contributed by atoms with Crippen LogP contribution in [-0.2, 0) is 14.4 Å². The van der Waals surface area contributed by atoms with E-state index in [1.807, 2.05) is 0 Å². The predicted octanol–water partition coefficient (Wildman–Crippen LogP) is -1.60. The molecule has 0 heterocycles. The molecule has 80 valence electrons. The van der Waals surface area contributed by atoms with Crippen molar-refractivity contribution in [2.75, 3.05) is 5.75 Å². The topological polar surface area (TPSA) is 109 Å². The molecule has 7 heteroatoms. The lowest BCUT2D eigenvalue weighted by molar-refractivity contribution is -0.139. The summed E-state index contributed by atoms with van der Waals surface area (Å²) < 4.78 is 0. The third-order valence-corrected chi connectivity index (χ3v) is 1.81. The number of aldehydes is 1. The summed E-state index contributed by atoms with van der Waals surface area (Å²) in [5, 5.41) is 10.6. The number of rotatable bonds is 6. The molecule has 0 spiro atoms. The van der Waals surface area contributed by atoms with Crippen LogP contribution < -0.4 is 11.1 Å². The van der Waals surface area contributed by atoms with Gasteiger partial charge in [0.15, 0.2) is 0 Å². The zero-order valence-electron chi connectivity index (χ0n) is 7.34. The number of carbonyl (C=O) groups excluding carboxylic acids is 2. The van der Waals surface area contributed by atoms with Crippen molar-refractivity contribution in [3.05, 3.63) is 0 Å². The smallest absolute Gasteiger partial charge is 0.305 e. The van der Waals surface area contributed by atoms with E-state index in [1.165, 1.54) is 0 Å². The van der Waals surface area contributed by atoms with Crippen LogP contribution in [0.1, 0.15) is 6.42 Å². The second kappa shape index (κ2) is 6.39. The third-order valence-electron chi connectivity index (χ3n) is 1.42. The van der Waals surface area contributed by atoms with Gasteiger partial charge in [-0.3, -0.25) is 9.59 Å². The molecular weight excluding hydrogens is 208 g/mol. The normalized spacial score (nSPS) is 14.1. The van der Waals surface area contributed by atoms with E-state index in [0.29, 0.717) is 6.29 Å². The molecule has 0 fully saturated rings. The molecule has 0 unspecified atom stereocenters. The zero-order chi connectivity index (χ0) is 11.1. The summed E-state index contributed by atoms with van der Waals surface area (Å²) in [5.74, 6) is -1.69. The Labute approximate surface area is 86.3 Å². The van der Waals surface area contributed by atoms with Crippen LogP contribution in [-0.4, -0.2) is 41.1 Å². The van der Waals surface area contributed by atoms with Crippen molar-refractivity contribution in [2.24, 2.45) is 5.73 Å². The Bertz CT molecular complexity index is 234. The second-order valence-electron chi connectivity index (χ2n) is 2.64. The number of carboxylic acids is 1. The van der Waals surface area contributed by atoms with E-state index in [9.17, 15) is 14.4 Å². The van der Waals surface area contributed by atoms with Gasteiger partial charge < -0.3 is 21.0 Å². The Morgan fingerprint density at radius 2 is 2.14 bits per heavy atom. The molecule has 0 aromatic carbocycles. The van der Waals surface area contributed by atoms with Crippen molar-refractivity contribution >= 4 is 30.8 Å². The number of carbonyl (C=O) groups is 3. The highest BCUT2D eigenvalue weighted by molar-refractivity contribution is 7.80. The Balaban J connectivity index is 4.05. The molecule has 0 aromatic heterocycles. The van der Waals surface area contributed by atoms with E-state index in [-0.39, 0.29) is 5.75 Å². The average Bonchev–Trinajstić information content (AvgIpc) is 2.12. The van der Waals surface area contributed by atoms with Gasteiger partial charge in [-0.25, -0.2) is 0 Å². The van der Waals surface area contributed by atoms with Crippen molar-refractivity contribution in [2.45, 2.75) is 18.5 Å². The quantitative estimate of drug-likeness (QED) is 0.318. The van der Waals surface area contributed by atoms with Gasteiger partial charge >= 0.3 is 5.97 Å². The number of thiol groups is 1. The lowest BCUT2D eigenvalue weighted by atomic mass is 10.2. The molecule has 4 N–H and O–H groups in total. The van der Waals surface area contributed by atoms with E-state index in [1.54, 1.807) is 0 Å². The summed E-state index contributed by atoms with van der Waals surface area (Å²) in [6.07, 6.45) is 0.0440. The number of nitrogens with two attached hydrogens (primary N) is 1. The van der Waals surface area contributed by atoms with Gasteiger partial charge in [-0.1, -0.05) is 0 Å². The van der Waals surface area contributed by atoms with Gasteiger partial charge in [0.25, 0.3) is 0 Å².